The molecule has 21 heavy (non-hydrogen) atoms. The lowest BCUT2D eigenvalue weighted by atomic mass is 9.79. The van der Waals surface area contributed by atoms with E-state index in [0.29, 0.717) is 6.07 Å². The first-order valence-corrected chi connectivity index (χ1v) is 6.30. The summed E-state index contributed by atoms with van der Waals surface area (Å²) in [5.74, 6) is -1.70. The predicted molar refractivity (Wildman–Crippen MR) is 67.1 cm³/mol. The molecular weight excluding hydrogens is 294 g/mol. The van der Waals surface area contributed by atoms with E-state index in [9.17, 15) is 22.0 Å². The van der Waals surface area contributed by atoms with E-state index in [0.717, 1.165) is 12.1 Å². The average Bonchev–Trinajstić information content (AvgIpc) is 2.45. The van der Waals surface area contributed by atoms with Crippen LogP contribution in [0.1, 0.15) is 27.2 Å². The molecule has 1 fully saturated rings. The Bertz CT molecular complexity index is 526. The van der Waals surface area contributed by atoms with Crippen molar-refractivity contribution in [1.82, 2.24) is 0 Å². The van der Waals surface area contributed by atoms with Gasteiger partial charge in [-0.05, 0) is 38.4 Å². The summed E-state index contributed by atoms with van der Waals surface area (Å²) in [6.45, 7) is 4.18. The third kappa shape index (κ3) is 3.37. The fraction of sp³-hybridized carbons (Fsp3) is 0.538. The van der Waals surface area contributed by atoms with Crippen LogP contribution in [-0.2, 0) is 9.31 Å². The van der Waals surface area contributed by atoms with E-state index in [1.165, 1.54) is 20.8 Å². The zero-order valence-electron chi connectivity index (χ0n) is 11.7. The molecule has 0 aliphatic carbocycles. The highest BCUT2D eigenvalue weighted by Crippen LogP contribution is 2.44. The second-order valence-electron chi connectivity index (χ2n) is 5.80. The maximum atomic E-state index is 13.2. The number of halogens is 5. The molecule has 1 unspecified atom stereocenters. The zero-order chi connectivity index (χ0) is 16.1. The standard InChI is InChI=1S/C13H14BF5O2/c1-11(2)12(3,7-13(17,18)19)21-14(20-11)8-4-9(15)6-10(16)5-8/h4-6H,7H2,1-3H3. The molecule has 0 spiro atoms. The van der Waals surface area contributed by atoms with Crippen LogP contribution in [0.15, 0.2) is 18.2 Å². The first kappa shape index (κ1) is 16.2. The lowest BCUT2D eigenvalue weighted by molar-refractivity contribution is -0.181. The Morgan fingerprint density at radius 2 is 1.52 bits per heavy atom. The molecule has 0 radical (unpaired) electrons. The van der Waals surface area contributed by atoms with Crippen LogP contribution in [0.5, 0.6) is 0 Å². The summed E-state index contributed by atoms with van der Waals surface area (Å²) < 4.78 is 75.3. The van der Waals surface area contributed by atoms with Gasteiger partial charge in [-0.25, -0.2) is 8.78 Å². The minimum absolute atomic E-state index is 0.00599. The van der Waals surface area contributed by atoms with E-state index in [4.69, 9.17) is 9.31 Å². The number of alkyl halides is 3. The third-order valence-corrected chi connectivity index (χ3v) is 3.74. The zero-order valence-corrected chi connectivity index (χ0v) is 11.7. The summed E-state index contributed by atoms with van der Waals surface area (Å²) in [7, 11) is -1.25. The van der Waals surface area contributed by atoms with Crippen molar-refractivity contribution in [2.75, 3.05) is 0 Å². The Kier molecular flexibility index (Phi) is 3.82. The number of hydrogen-bond acceptors (Lipinski definition) is 2. The highest BCUT2D eigenvalue weighted by molar-refractivity contribution is 6.62. The molecule has 0 aromatic heterocycles. The van der Waals surface area contributed by atoms with Crippen LogP contribution in [-0.4, -0.2) is 24.5 Å². The molecular formula is C13H14BF5O2. The molecule has 0 saturated carbocycles. The molecule has 1 aromatic carbocycles. The number of benzene rings is 1. The van der Waals surface area contributed by atoms with Gasteiger partial charge in [0.05, 0.1) is 17.6 Å². The monoisotopic (exact) mass is 308 g/mol. The van der Waals surface area contributed by atoms with Crippen LogP contribution >= 0.6 is 0 Å². The molecule has 1 atom stereocenters. The lowest BCUT2D eigenvalue weighted by Crippen LogP contribution is -2.47. The molecule has 0 amide bonds. The van der Waals surface area contributed by atoms with Crippen molar-refractivity contribution in [3.05, 3.63) is 29.8 Å². The van der Waals surface area contributed by atoms with Crippen LogP contribution in [0.2, 0.25) is 0 Å². The summed E-state index contributed by atoms with van der Waals surface area (Å²) >= 11 is 0. The van der Waals surface area contributed by atoms with E-state index in [-0.39, 0.29) is 5.46 Å². The largest absolute Gasteiger partial charge is 0.495 e. The minimum atomic E-state index is -4.45. The number of hydrogen-bond donors (Lipinski definition) is 0. The Labute approximate surface area is 119 Å². The molecule has 1 heterocycles. The first-order valence-electron chi connectivity index (χ1n) is 6.30. The second kappa shape index (κ2) is 4.95. The highest BCUT2D eigenvalue weighted by atomic mass is 19.4. The maximum absolute atomic E-state index is 13.2. The van der Waals surface area contributed by atoms with Crippen molar-refractivity contribution in [1.29, 1.82) is 0 Å². The van der Waals surface area contributed by atoms with Crippen molar-refractivity contribution in [3.8, 4) is 0 Å². The second-order valence-corrected chi connectivity index (χ2v) is 5.80. The fourth-order valence-corrected chi connectivity index (χ4v) is 2.28. The molecule has 0 N–H and O–H groups in total. The Morgan fingerprint density at radius 3 is 2.00 bits per heavy atom. The smallest absolute Gasteiger partial charge is 0.399 e. The molecule has 2 nitrogen and oxygen atoms in total. The van der Waals surface area contributed by atoms with Gasteiger partial charge in [0.1, 0.15) is 11.6 Å². The molecule has 0 bridgehead atoms. The molecule has 1 aliphatic rings. The molecule has 8 heteroatoms. The van der Waals surface area contributed by atoms with Crippen molar-refractivity contribution in [3.63, 3.8) is 0 Å². The quantitative estimate of drug-likeness (QED) is 0.617. The van der Waals surface area contributed by atoms with Gasteiger partial charge >= 0.3 is 13.3 Å². The summed E-state index contributed by atoms with van der Waals surface area (Å²) in [6.07, 6.45) is -5.67. The van der Waals surface area contributed by atoms with Crippen LogP contribution in [0.25, 0.3) is 0 Å². The van der Waals surface area contributed by atoms with Gasteiger partial charge in [-0.15, -0.1) is 0 Å². The van der Waals surface area contributed by atoms with Crippen molar-refractivity contribution in [2.45, 2.75) is 44.6 Å². The minimum Gasteiger partial charge on any atom is -0.399 e. The van der Waals surface area contributed by atoms with Crippen LogP contribution in [0.4, 0.5) is 22.0 Å². The predicted octanol–water partition coefficient (Wildman–Crippen LogP) is 3.20. The lowest BCUT2D eigenvalue weighted by Gasteiger charge is -2.36. The van der Waals surface area contributed by atoms with Crippen LogP contribution in [0.3, 0.4) is 0 Å². The highest BCUT2D eigenvalue weighted by Gasteiger charge is 2.58. The summed E-state index contributed by atoms with van der Waals surface area (Å²) in [4.78, 5) is 0. The van der Waals surface area contributed by atoms with Gasteiger partial charge in [0.25, 0.3) is 0 Å². The van der Waals surface area contributed by atoms with Gasteiger partial charge in [-0.2, -0.15) is 13.2 Å². The summed E-state index contributed by atoms with van der Waals surface area (Å²) in [5, 5.41) is 0. The first-order chi connectivity index (χ1) is 9.42. The van der Waals surface area contributed by atoms with Gasteiger partial charge in [0, 0.05) is 6.07 Å². The molecule has 1 aromatic rings. The molecule has 1 saturated heterocycles. The maximum Gasteiger partial charge on any atom is 0.495 e. The van der Waals surface area contributed by atoms with Crippen LogP contribution < -0.4 is 5.46 Å². The Hall–Kier alpha value is -1.15. The van der Waals surface area contributed by atoms with Crippen molar-refractivity contribution in [2.24, 2.45) is 0 Å². The van der Waals surface area contributed by atoms with E-state index in [1.807, 2.05) is 0 Å². The SMILES string of the molecule is CC1(C)OB(c2cc(F)cc(F)c2)OC1(C)CC(F)(F)F. The van der Waals surface area contributed by atoms with E-state index < -0.39 is 42.6 Å². The summed E-state index contributed by atoms with van der Waals surface area (Å²) in [5.41, 5.74) is -2.92. The van der Waals surface area contributed by atoms with Crippen LogP contribution in [0, 0.1) is 11.6 Å². The van der Waals surface area contributed by atoms with Gasteiger partial charge < -0.3 is 9.31 Å². The van der Waals surface area contributed by atoms with Gasteiger partial charge in [-0.1, -0.05) is 0 Å². The van der Waals surface area contributed by atoms with E-state index in [2.05, 4.69) is 0 Å². The topological polar surface area (TPSA) is 18.5 Å². The van der Waals surface area contributed by atoms with E-state index >= 15 is 0 Å². The fourth-order valence-electron chi connectivity index (χ4n) is 2.28. The average molecular weight is 308 g/mol. The normalized spacial score (nSPS) is 25.4. The van der Waals surface area contributed by atoms with Gasteiger partial charge in [0.2, 0.25) is 0 Å². The van der Waals surface area contributed by atoms with Crippen molar-refractivity contribution < 1.29 is 31.3 Å². The van der Waals surface area contributed by atoms with Gasteiger partial charge in [0.15, 0.2) is 0 Å². The van der Waals surface area contributed by atoms with Gasteiger partial charge in [-0.3, -0.25) is 0 Å². The summed E-state index contributed by atoms with van der Waals surface area (Å²) in [6, 6.07) is 2.62. The van der Waals surface area contributed by atoms with E-state index in [1.54, 1.807) is 0 Å². The number of rotatable bonds is 2. The third-order valence-electron chi connectivity index (χ3n) is 3.74. The molecule has 1 aliphatic heterocycles. The molecule has 2 rings (SSSR count). The Morgan fingerprint density at radius 1 is 1.00 bits per heavy atom. The Balaban J connectivity index is 2.31. The molecule has 116 valence electrons. The van der Waals surface area contributed by atoms with Crippen molar-refractivity contribution >= 4 is 12.6 Å².